The van der Waals surface area contributed by atoms with Crippen LogP contribution in [0, 0.1) is 6.92 Å². The van der Waals surface area contributed by atoms with Gasteiger partial charge in [-0.1, -0.05) is 54.1 Å². The van der Waals surface area contributed by atoms with Crippen molar-refractivity contribution in [1.82, 2.24) is 4.98 Å². The van der Waals surface area contributed by atoms with Gasteiger partial charge in [-0.15, -0.1) is 0 Å². The second kappa shape index (κ2) is 13.6. The smallest absolute Gasteiger partial charge is 0.373 e. The summed E-state index contributed by atoms with van der Waals surface area (Å²) < 4.78 is 11.7. The van der Waals surface area contributed by atoms with Crippen LogP contribution >= 0.6 is 11.6 Å². The fourth-order valence-corrected chi connectivity index (χ4v) is 5.01. The molecule has 204 valence electrons. The van der Waals surface area contributed by atoms with Gasteiger partial charge in [0.15, 0.2) is 0 Å². The molecular formula is C32H29ClN2O5. The van der Waals surface area contributed by atoms with E-state index in [1.807, 2.05) is 61.5 Å². The second-order valence-corrected chi connectivity index (χ2v) is 9.72. The van der Waals surface area contributed by atoms with E-state index in [4.69, 9.17) is 30.7 Å². The van der Waals surface area contributed by atoms with Crippen molar-refractivity contribution in [2.75, 3.05) is 12.4 Å². The lowest BCUT2D eigenvalue weighted by Gasteiger charge is -2.21. The fourth-order valence-electron chi connectivity index (χ4n) is 4.81. The molecule has 4 aromatic rings. The van der Waals surface area contributed by atoms with Gasteiger partial charge in [-0.25, -0.2) is 4.98 Å². The van der Waals surface area contributed by atoms with Crippen LogP contribution in [0.4, 0.5) is 5.69 Å². The summed E-state index contributed by atoms with van der Waals surface area (Å²) in [4.78, 5) is 34.1. The Morgan fingerprint density at radius 3 is 2.45 bits per heavy atom. The third kappa shape index (κ3) is 6.75. The molecule has 7 nitrogen and oxygen atoms in total. The molecule has 0 fully saturated rings. The Morgan fingerprint density at radius 2 is 1.73 bits per heavy atom. The third-order valence-corrected chi connectivity index (χ3v) is 7.21. The first-order valence-corrected chi connectivity index (χ1v) is 13.3. The molecule has 1 aliphatic carbocycles. The quantitative estimate of drug-likeness (QED) is 0.264. The lowest BCUT2D eigenvalue weighted by molar-refractivity contribution is -0.191. The number of benzene rings is 3. The normalized spacial score (nSPS) is 11.8. The number of halogens is 1. The Balaban J connectivity index is 0.00000118. The van der Waals surface area contributed by atoms with Crippen LogP contribution in [0.25, 0.3) is 11.1 Å². The number of ether oxygens (including phenoxy) is 2. The average Bonchev–Trinajstić information content (AvgIpc) is 2.97. The predicted molar refractivity (Wildman–Crippen MR) is 153 cm³/mol. The van der Waals surface area contributed by atoms with Crippen LogP contribution in [0.15, 0.2) is 72.9 Å². The predicted octanol–water partition coefficient (Wildman–Crippen LogP) is 6.99. The average molecular weight is 557 g/mol. The largest absolute Gasteiger partial charge is 0.497 e. The lowest BCUT2D eigenvalue weighted by atomic mass is 9.91. The molecule has 5 rings (SSSR count). The van der Waals surface area contributed by atoms with E-state index in [1.165, 1.54) is 17.5 Å². The topological polar surface area (TPSA) is 94.6 Å². The second-order valence-electron chi connectivity index (χ2n) is 9.31. The zero-order valence-corrected chi connectivity index (χ0v) is 23.1. The van der Waals surface area contributed by atoms with E-state index >= 15 is 0 Å². The standard InChI is InChI=1S/C31H29ClN2O3.CO2/c1-20-26(22-14-16-24(36-2)17-15-22)19-33-31(37-28-13-7-10-21-8-3-5-11-25(21)28)30(20)34-29(35)18-23-9-4-6-12-27(23)32;2-1-3/h4,6-7,9-10,12-17,19H,3,5,8,11,18H2,1-2H3,(H,34,35);. The van der Waals surface area contributed by atoms with Gasteiger partial charge in [-0.3, -0.25) is 4.79 Å². The van der Waals surface area contributed by atoms with Crippen molar-refractivity contribution in [3.63, 3.8) is 0 Å². The number of carbonyl (C=O) groups excluding carboxylic acids is 3. The van der Waals surface area contributed by atoms with Gasteiger partial charge in [0, 0.05) is 16.8 Å². The van der Waals surface area contributed by atoms with Gasteiger partial charge < -0.3 is 14.8 Å². The molecule has 3 aromatic carbocycles. The van der Waals surface area contributed by atoms with Gasteiger partial charge >= 0.3 is 6.15 Å². The van der Waals surface area contributed by atoms with E-state index in [0.29, 0.717) is 16.6 Å². The van der Waals surface area contributed by atoms with Gasteiger partial charge in [-0.05, 0) is 84.7 Å². The molecule has 0 saturated carbocycles. The van der Waals surface area contributed by atoms with Crippen molar-refractivity contribution in [1.29, 1.82) is 0 Å². The monoisotopic (exact) mass is 556 g/mol. The SMILES string of the molecule is COc1ccc(-c2cnc(Oc3cccc4c3CCCC4)c(NC(=O)Cc3ccccc3Cl)c2C)cc1.O=C=O. The number of anilines is 1. The Bertz CT molecular complexity index is 1530. The van der Waals surface area contributed by atoms with Crippen molar-refractivity contribution in [2.24, 2.45) is 0 Å². The van der Waals surface area contributed by atoms with Crippen molar-refractivity contribution < 1.29 is 23.9 Å². The van der Waals surface area contributed by atoms with Crippen LogP contribution in [-0.2, 0) is 33.6 Å². The molecular weight excluding hydrogens is 528 g/mol. The minimum atomic E-state index is -0.190. The third-order valence-electron chi connectivity index (χ3n) is 6.84. The Kier molecular flexibility index (Phi) is 9.68. The summed E-state index contributed by atoms with van der Waals surface area (Å²) in [6.07, 6.45) is 6.54. The van der Waals surface area contributed by atoms with E-state index in [2.05, 4.69) is 16.4 Å². The molecule has 8 heteroatoms. The van der Waals surface area contributed by atoms with E-state index in [1.54, 1.807) is 19.4 Å². The van der Waals surface area contributed by atoms with Crippen molar-refractivity contribution in [2.45, 2.75) is 39.0 Å². The fraction of sp³-hybridized carbons (Fsp3) is 0.219. The summed E-state index contributed by atoms with van der Waals surface area (Å²) in [5, 5.41) is 3.64. The molecule has 1 amide bonds. The number of pyridine rings is 1. The van der Waals surface area contributed by atoms with Gasteiger partial charge in [-0.2, -0.15) is 9.59 Å². The molecule has 1 N–H and O–H groups in total. The number of aromatic nitrogens is 1. The molecule has 0 bridgehead atoms. The van der Waals surface area contributed by atoms with Crippen LogP contribution < -0.4 is 14.8 Å². The summed E-state index contributed by atoms with van der Waals surface area (Å²) in [5.41, 5.74) is 6.60. The van der Waals surface area contributed by atoms with Gasteiger partial charge in [0.25, 0.3) is 0 Å². The number of rotatable bonds is 7. The summed E-state index contributed by atoms with van der Waals surface area (Å²) in [5.74, 6) is 1.75. The van der Waals surface area contributed by atoms with Gasteiger partial charge in [0.05, 0.1) is 13.5 Å². The molecule has 40 heavy (non-hydrogen) atoms. The number of nitrogens with zero attached hydrogens (tertiary/aromatic N) is 1. The van der Waals surface area contributed by atoms with Gasteiger partial charge in [0.2, 0.25) is 11.8 Å². The van der Waals surface area contributed by atoms with Crippen LogP contribution in [0.3, 0.4) is 0 Å². The molecule has 0 unspecified atom stereocenters. The number of hydrogen-bond acceptors (Lipinski definition) is 6. The number of fused-ring (bicyclic) bond motifs is 1. The maximum atomic E-state index is 13.2. The highest BCUT2D eigenvalue weighted by molar-refractivity contribution is 6.31. The molecule has 0 saturated heterocycles. The molecule has 1 aromatic heterocycles. The van der Waals surface area contributed by atoms with Gasteiger partial charge in [0.1, 0.15) is 17.2 Å². The number of nitrogens with one attached hydrogen (secondary N) is 1. The highest BCUT2D eigenvalue weighted by Crippen LogP contribution is 2.39. The summed E-state index contributed by atoms with van der Waals surface area (Å²) in [7, 11) is 1.64. The minimum absolute atomic E-state index is 0.145. The highest BCUT2D eigenvalue weighted by Gasteiger charge is 2.21. The van der Waals surface area contributed by atoms with Crippen LogP contribution in [0.2, 0.25) is 5.02 Å². The number of aryl methyl sites for hydroxylation is 1. The Hall–Kier alpha value is -4.45. The van der Waals surface area contributed by atoms with E-state index in [9.17, 15) is 4.79 Å². The van der Waals surface area contributed by atoms with Crippen molar-refractivity contribution >= 4 is 29.3 Å². The van der Waals surface area contributed by atoms with E-state index in [-0.39, 0.29) is 18.5 Å². The van der Waals surface area contributed by atoms with Crippen LogP contribution in [0.1, 0.15) is 35.1 Å². The maximum Gasteiger partial charge on any atom is 0.373 e. The molecule has 0 atom stereocenters. The van der Waals surface area contributed by atoms with Crippen molar-refractivity contribution in [3.8, 4) is 28.5 Å². The molecule has 0 spiro atoms. The van der Waals surface area contributed by atoms with Crippen LogP contribution in [-0.4, -0.2) is 24.2 Å². The molecule has 0 radical (unpaired) electrons. The number of methoxy groups -OCH3 is 1. The maximum absolute atomic E-state index is 13.2. The first-order chi connectivity index (χ1) is 19.4. The first-order valence-electron chi connectivity index (χ1n) is 12.9. The summed E-state index contributed by atoms with van der Waals surface area (Å²) in [6.45, 7) is 1.97. The van der Waals surface area contributed by atoms with E-state index < -0.39 is 0 Å². The summed E-state index contributed by atoms with van der Waals surface area (Å²) >= 11 is 6.31. The zero-order chi connectivity index (χ0) is 28.5. The molecule has 1 heterocycles. The van der Waals surface area contributed by atoms with Crippen LogP contribution in [0.5, 0.6) is 17.4 Å². The number of carbonyl (C=O) groups is 1. The first kappa shape index (κ1) is 28.6. The highest BCUT2D eigenvalue weighted by atomic mass is 35.5. The minimum Gasteiger partial charge on any atom is -0.497 e. The Labute approximate surface area is 238 Å². The van der Waals surface area contributed by atoms with E-state index in [0.717, 1.165) is 53.0 Å². The molecule has 0 aliphatic heterocycles. The number of amides is 1. The summed E-state index contributed by atoms with van der Waals surface area (Å²) in [6, 6.07) is 21.3. The lowest BCUT2D eigenvalue weighted by Crippen LogP contribution is -2.17. The zero-order valence-electron chi connectivity index (χ0n) is 22.3. The molecule has 1 aliphatic rings. The Morgan fingerprint density at radius 1 is 1.00 bits per heavy atom. The van der Waals surface area contributed by atoms with Crippen molar-refractivity contribution in [3.05, 3.63) is 100 Å². The number of hydrogen-bond donors (Lipinski definition) is 1.